The van der Waals surface area contributed by atoms with Crippen molar-refractivity contribution >= 4 is 23.2 Å². The summed E-state index contributed by atoms with van der Waals surface area (Å²) in [7, 11) is 0. The van der Waals surface area contributed by atoms with Crippen molar-refractivity contribution in [3.63, 3.8) is 0 Å². The largest absolute Gasteiger partial charge is 0.328 e. The molecule has 0 heterocycles. The summed E-state index contributed by atoms with van der Waals surface area (Å²) in [4.78, 5) is 0. The van der Waals surface area contributed by atoms with Gasteiger partial charge < -0.3 is 5.73 Å². The van der Waals surface area contributed by atoms with Crippen LogP contribution < -0.4 is 5.73 Å². The quantitative estimate of drug-likeness (QED) is 0.821. The molecule has 0 aliphatic rings. The molecule has 2 atom stereocenters. The third-order valence-electron chi connectivity index (χ3n) is 3.01. The third-order valence-corrected chi connectivity index (χ3v) is 3.75. The van der Waals surface area contributed by atoms with Crippen LogP contribution in [-0.2, 0) is 0 Å². The summed E-state index contributed by atoms with van der Waals surface area (Å²) in [6.07, 6.45) is 3.18. The molecule has 2 unspecified atom stereocenters. The summed E-state index contributed by atoms with van der Waals surface area (Å²) >= 11 is 11.9. The lowest BCUT2D eigenvalue weighted by molar-refractivity contribution is 0.530. The first-order valence-electron chi connectivity index (χ1n) is 5.75. The average Bonchev–Trinajstić information content (AvgIpc) is 2.29. The Balaban J connectivity index is 2.59. The molecule has 2 N–H and O–H groups in total. The Hall–Kier alpha value is -0.240. The van der Waals surface area contributed by atoms with Crippen LogP contribution in [0.3, 0.4) is 0 Å². The van der Waals surface area contributed by atoms with Crippen LogP contribution in [0.4, 0.5) is 0 Å². The molecule has 3 heteroatoms. The van der Waals surface area contributed by atoms with Crippen molar-refractivity contribution < 1.29 is 0 Å². The average molecular weight is 260 g/mol. The standard InChI is InChI=1S/C13H19Cl2N/c1-3-11(16)6-4-9(2)10-5-7-12(14)13(15)8-10/h5,7-9,11H,3-4,6,16H2,1-2H3. The van der Waals surface area contributed by atoms with Gasteiger partial charge in [-0.05, 0) is 42.9 Å². The molecule has 0 radical (unpaired) electrons. The van der Waals surface area contributed by atoms with Gasteiger partial charge in [-0.2, -0.15) is 0 Å². The van der Waals surface area contributed by atoms with Crippen LogP contribution in [0.15, 0.2) is 18.2 Å². The number of halogens is 2. The van der Waals surface area contributed by atoms with Crippen LogP contribution in [0.2, 0.25) is 10.0 Å². The smallest absolute Gasteiger partial charge is 0.0595 e. The zero-order chi connectivity index (χ0) is 12.1. The maximum absolute atomic E-state index is 5.99. The molecular weight excluding hydrogens is 241 g/mol. The lowest BCUT2D eigenvalue weighted by Gasteiger charge is -2.15. The molecule has 1 aromatic carbocycles. The summed E-state index contributed by atoms with van der Waals surface area (Å²) in [6.45, 7) is 4.32. The number of benzene rings is 1. The normalized spacial score (nSPS) is 14.8. The highest BCUT2D eigenvalue weighted by Gasteiger charge is 2.09. The Morgan fingerprint density at radius 3 is 2.44 bits per heavy atom. The van der Waals surface area contributed by atoms with Crippen molar-refractivity contribution in [2.75, 3.05) is 0 Å². The third kappa shape index (κ3) is 3.97. The Morgan fingerprint density at radius 1 is 1.19 bits per heavy atom. The van der Waals surface area contributed by atoms with Crippen molar-refractivity contribution in [3.05, 3.63) is 33.8 Å². The SMILES string of the molecule is CCC(N)CCC(C)c1ccc(Cl)c(Cl)c1. The van der Waals surface area contributed by atoms with Gasteiger partial charge in [0.1, 0.15) is 0 Å². The summed E-state index contributed by atoms with van der Waals surface area (Å²) in [5.41, 5.74) is 7.14. The summed E-state index contributed by atoms with van der Waals surface area (Å²) in [6, 6.07) is 6.16. The number of rotatable bonds is 5. The molecule has 0 saturated carbocycles. The molecule has 1 nitrogen and oxygen atoms in total. The van der Waals surface area contributed by atoms with Gasteiger partial charge in [-0.3, -0.25) is 0 Å². The van der Waals surface area contributed by atoms with E-state index >= 15 is 0 Å². The molecule has 16 heavy (non-hydrogen) atoms. The van der Waals surface area contributed by atoms with E-state index in [1.165, 1.54) is 5.56 Å². The van der Waals surface area contributed by atoms with Crippen LogP contribution in [0.5, 0.6) is 0 Å². The van der Waals surface area contributed by atoms with E-state index < -0.39 is 0 Å². The zero-order valence-corrected chi connectivity index (χ0v) is 11.4. The van der Waals surface area contributed by atoms with Crippen LogP contribution in [-0.4, -0.2) is 6.04 Å². The van der Waals surface area contributed by atoms with Crippen LogP contribution >= 0.6 is 23.2 Å². The molecule has 0 bridgehead atoms. The monoisotopic (exact) mass is 259 g/mol. The molecule has 0 aliphatic heterocycles. The Bertz CT molecular complexity index is 339. The van der Waals surface area contributed by atoms with Crippen LogP contribution in [0, 0.1) is 0 Å². The predicted octanol–water partition coefficient (Wildman–Crippen LogP) is 4.61. The fraction of sp³-hybridized carbons (Fsp3) is 0.538. The van der Waals surface area contributed by atoms with Crippen molar-refractivity contribution in [1.29, 1.82) is 0 Å². The van der Waals surface area contributed by atoms with Gasteiger partial charge >= 0.3 is 0 Å². The zero-order valence-electron chi connectivity index (χ0n) is 9.84. The van der Waals surface area contributed by atoms with Crippen molar-refractivity contribution in [1.82, 2.24) is 0 Å². The van der Waals surface area contributed by atoms with Crippen molar-refractivity contribution in [2.45, 2.75) is 45.1 Å². The van der Waals surface area contributed by atoms with Gasteiger partial charge in [0, 0.05) is 6.04 Å². The predicted molar refractivity (Wildman–Crippen MR) is 72.4 cm³/mol. The first-order valence-corrected chi connectivity index (χ1v) is 6.50. The summed E-state index contributed by atoms with van der Waals surface area (Å²) in [5, 5.41) is 1.24. The van der Waals surface area contributed by atoms with Gasteiger partial charge in [-0.25, -0.2) is 0 Å². The van der Waals surface area contributed by atoms with E-state index in [-0.39, 0.29) is 0 Å². The van der Waals surface area contributed by atoms with E-state index in [0.29, 0.717) is 22.0 Å². The minimum atomic E-state index is 0.310. The maximum Gasteiger partial charge on any atom is 0.0595 e. The molecule has 0 amide bonds. The lowest BCUT2D eigenvalue weighted by atomic mass is 9.94. The number of hydrogen-bond donors (Lipinski definition) is 1. The molecule has 0 saturated heterocycles. The molecule has 0 fully saturated rings. The van der Waals surface area contributed by atoms with E-state index in [2.05, 4.69) is 13.8 Å². The molecule has 0 aliphatic carbocycles. The van der Waals surface area contributed by atoms with E-state index in [9.17, 15) is 0 Å². The van der Waals surface area contributed by atoms with Gasteiger partial charge in [0.2, 0.25) is 0 Å². The highest BCUT2D eigenvalue weighted by atomic mass is 35.5. The van der Waals surface area contributed by atoms with Crippen LogP contribution in [0.25, 0.3) is 0 Å². The van der Waals surface area contributed by atoms with E-state index in [1.54, 1.807) is 0 Å². The summed E-state index contributed by atoms with van der Waals surface area (Å²) < 4.78 is 0. The Kier molecular flexibility index (Phi) is 5.60. The molecule has 90 valence electrons. The number of hydrogen-bond acceptors (Lipinski definition) is 1. The highest BCUT2D eigenvalue weighted by molar-refractivity contribution is 6.42. The van der Waals surface area contributed by atoms with Gasteiger partial charge in [-0.15, -0.1) is 0 Å². The first kappa shape index (κ1) is 13.8. The topological polar surface area (TPSA) is 26.0 Å². The fourth-order valence-corrected chi connectivity index (χ4v) is 1.96. The van der Waals surface area contributed by atoms with Crippen molar-refractivity contribution in [3.8, 4) is 0 Å². The molecule has 1 aromatic rings. The van der Waals surface area contributed by atoms with Gasteiger partial charge in [-0.1, -0.05) is 43.1 Å². The Labute approximate surface area is 108 Å². The van der Waals surface area contributed by atoms with Gasteiger partial charge in [0.25, 0.3) is 0 Å². The number of nitrogens with two attached hydrogens (primary N) is 1. The van der Waals surface area contributed by atoms with Crippen molar-refractivity contribution in [2.24, 2.45) is 5.73 Å². The molecule has 0 aromatic heterocycles. The minimum Gasteiger partial charge on any atom is -0.328 e. The summed E-state index contributed by atoms with van der Waals surface area (Å²) in [5.74, 6) is 0.479. The fourth-order valence-electron chi connectivity index (χ4n) is 1.65. The highest BCUT2D eigenvalue weighted by Crippen LogP contribution is 2.28. The second-order valence-electron chi connectivity index (χ2n) is 4.32. The first-order chi connectivity index (χ1) is 7.54. The van der Waals surface area contributed by atoms with Crippen LogP contribution in [0.1, 0.15) is 44.6 Å². The van der Waals surface area contributed by atoms with E-state index in [1.807, 2.05) is 18.2 Å². The second kappa shape index (κ2) is 6.48. The van der Waals surface area contributed by atoms with E-state index in [0.717, 1.165) is 19.3 Å². The Morgan fingerprint density at radius 2 is 1.88 bits per heavy atom. The minimum absolute atomic E-state index is 0.310. The maximum atomic E-state index is 5.99. The molecule has 1 rings (SSSR count). The lowest BCUT2D eigenvalue weighted by Crippen LogP contribution is -2.18. The molecular formula is C13H19Cl2N. The van der Waals surface area contributed by atoms with E-state index in [4.69, 9.17) is 28.9 Å². The second-order valence-corrected chi connectivity index (χ2v) is 5.13. The van der Waals surface area contributed by atoms with Gasteiger partial charge in [0.05, 0.1) is 10.0 Å². The molecule has 0 spiro atoms. The van der Waals surface area contributed by atoms with Gasteiger partial charge in [0.15, 0.2) is 0 Å².